The lowest BCUT2D eigenvalue weighted by atomic mass is 10.0. The first-order chi connectivity index (χ1) is 19.7. The van der Waals surface area contributed by atoms with Gasteiger partial charge in [0.2, 0.25) is 0 Å². The second kappa shape index (κ2) is 11.2. The molecule has 0 radical (unpaired) electrons. The Morgan fingerprint density at radius 2 is 1.78 bits per heavy atom. The van der Waals surface area contributed by atoms with Crippen molar-refractivity contribution in [2.75, 3.05) is 41.3 Å². The van der Waals surface area contributed by atoms with Crippen molar-refractivity contribution >= 4 is 45.8 Å². The molecular weight excluding hydrogens is 547 g/mol. The summed E-state index contributed by atoms with van der Waals surface area (Å²) in [4.78, 5) is 29.1. The highest BCUT2D eigenvalue weighted by Gasteiger charge is 2.25. The van der Waals surface area contributed by atoms with Crippen LogP contribution >= 0.6 is 11.6 Å². The molecule has 41 heavy (non-hydrogen) atoms. The Morgan fingerprint density at radius 3 is 2.44 bits per heavy atom. The molecule has 0 unspecified atom stereocenters. The number of nitrogens with one attached hydrogen (secondary N) is 1. The minimum atomic E-state index is -1.21. The van der Waals surface area contributed by atoms with Gasteiger partial charge in [0.1, 0.15) is 17.0 Å². The first-order valence-corrected chi connectivity index (χ1v) is 13.1. The molecule has 12 heteroatoms. The smallest absolute Gasteiger partial charge is 0.356 e. The Bertz CT molecular complexity index is 1760. The third-order valence-corrected chi connectivity index (χ3v) is 7.14. The molecule has 2 aromatic heterocycles. The number of pyridine rings is 1. The summed E-state index contributed by atoms with van der Waals surface area (Å²) in [5.41, 5.74) is 3.75. The van der Waals surface area contributed by atoms with Gasteiger partial charge in [0.05, 0.1) is 40.1 Å². The molecule has 4 aromatic rings. The van der Waals surface area contributed by atoms with E-state index in [0.717, 1.165) is 11.1 Å². The zero-order chi connectivity index (χ0) is 29.3. The number of carbonyl (C=O) groups is 1. The summed E-state index contributed by atoms with van der Waals surface area (Å²) >= 11 is 5.91. The second-order valence-electron chi connectivity index (χ2n) is 9.68. The number of hydrogen-bond donors (Lipinski definition) is 2. The molecule has 0 saturated carbocycles. The van der Waals surface area contributed by atoms with Gasteiger partial charge in [-0.25, -0.2) is 24.1 Å². The summed E-state index contributed by atoms with van der Waals surface area (Å²) in [5, 5.41) is 31.8. The topological polar surface area (TPSA) is 142 Å². The van der Waals surface area contributed by atoms with E-state index < -0.39 is 17.8 Å². The molecule has 2 aromatic carbocycles. The lowest BCUT2D eigenvalue weighted by Crippen LogP contribution is -2.47. The van der Waals surface area contributed by atoms with Gasteiger partial charge in [-0.2, -0.15) is 10.5 Å². The van der Waals surface area contributed by atoms with Gasteiger partial charge in [-0.05, 0) is 55.8 Å². The van der Waals surface area contributed by atoms with E-state index in [2.05, 4.69) is 21.4 Å². The minimum Gasteiger partial charge on any atom is -0.476 e. The number of aromatic carboxylic acids is 1. The van der Waals surface area contributed by atoms with Crippen molar-refractivity contribution in [1.82, 2.24) is 15.0 Å². The third-order valence-electron chi connectivity index (χ3n) is 6.93. The molecule has 10 nitrogen and oxygen atoms in total. The van der Waals surface area contributed by atoms with Gasteiger partial charge in [-0.3, -0.25) is 0 Å². The van der Waals surface area contributed by atoms with Gasteiger partial charge < -0.3 is 20.2 Å². The molecule has 0 aliphatic carbocycles. The maximum Gasteiger partial charge on any atom is 0.356 e. The van der Waals surface area contributed by atoms with Crippen LogP contribution in [0, 0.1) is 35.4 Å². The molecule has 0 amide bonds. The Morgan fingerprint density at radius 1 is 1.05 bits per heavy atom. The van der Waals surface area contributed by atoms with Crippen LogP contribution in [0.4, 0.5) is 21.6 Å². The third kappa shape index (κ3) is 5.53. The fourth-order valence-electron chi connectivity index (χ4n) is 4.97. The van der Waals surface area contributed by atoms with Crippen LogP contribution < -0.4 is 15.1 Å². The summed E-state index contributed by atoms with van der Waals surface area (Å²) in [5.74, 6) is -1.24. The fourth-order valence-corrected chi connectivity index (χ4v) is 5.11. The van der Waals surface area contributed by atoms with E-state index in [4.69, 9.17) is 21.8 Å². The Kier molecular flexibility index (Phi) is 7.56. The molecule has 1 fully saturated rings. The molecule has 206 valence electrons. The van der Waals surface area contributed by atoms with Crippen molar-refractivity contribution in [2.45, 2.75) is 19.9 Å². The highest BCUT2D eigenvalue weighted by Crippen LogP contribution is 2.31. The number of nitrogens with zero attached hydrogens (tertiary/aromatic N) is 7. The number of piperazine rings is 1. The lowest BCUT2D eigenvalue weighted by molar-refractivity contribution is 0.0691. The van der Waals surface area contributed by atoms with Crippen molar-refractivity contribution in [3.05, 3.63) is 81.5 Å². The zero-order valence-electron chi connectivity index (χ0n) is 22.2. The number of fused-ring (bicyclic) bond motifs is 1. The fraction of sp³-hybridized carbons (Fsp3) is 0.241. The largest absolute Gasteiger partial charge is 0.476 e. The first kappa shape index (κ1) is 27.6. The number of anilines is 3. The van der Waals surface area contributed by atoms with E-state index in [-0.39, 0.29) is 22.1 Å². The molecule has 1 aliphatic rings. The van der Waals surface area contributed by atoms with Crippen molar-refractivity contribution in [2.24, 2.45) is 0 Å². The van der Waals surface area contributed by atoms with Crippen LogP contribution in [0.5, 0.6) is 0 Å². The number of aromatic nitrogens is 3. The van der Waals surface area contributed by atoms with Crippen LogP contribution in [0.1, 0.15) is 45.8 Å². The highest BCUT2D eigenvalue weighted by molar-refractivity contribution is 6.29. The normalized spacial score (nSPS) is 13.9. The van der Waals surface area contributed by atoms with Gasteiger partial charge in [0.15, 0.2) is 17.2 Å². The summed E-state index contributed by atoms with van der Waals surface area (Å²) in [7, 11) is 0. The lowest BCUT2D eigenvalue weighted by Gasteiger charge is -2.37. The van der Waals surface area contributed by atoms with Gasteiger partial charge in [-0.1, -0.05) is 17.7 Å². The minimum absolute atomic E-state index is 0.0724. The van der Waals surface area contributed by atoms with Crippen molar-refractivity contribution < 1.29 is 14.3 Å². The SMILES string of the molecule is Cc1cc([C@@H](C)Nc2ccc(Cl)nc2C(=O)O)c2nc(N3CCN(c4ccc(C#N)cc4F)CC3)c(C#N)nc2c1. The molecule has 1 aliphatic heterocycles. The van der Waals surface area contributed by atoms with Crippen LogP contribution in [0.15, 0.2) is 42.5 Å². The second-order valence-corrected chi connectivity index (χ2v) is 10.1. The Labute approximate surface area is 240 Å². The van der Waals surface area contributed by atoms with Crippen molar-refractivity contribution in [3.8, 4) is 12.1 Å². The summed E-state index contributed by atoms with van der Waals surface area (Å²) in [6, 6.07) is 15.0. The maximum absolute atomic E-state index is 14.6. The number of hydrogen-bond acceptors (Lipinski definition) is 9. The standard InChI is InChI=1S/C29H24ClFN8O2/c1-16-11-19(17(2)34-21-4-6-25(30)36-27(21)29(40)41)26-22(12-16)35-23(15-33)28(37-26)39-9-7-38(8-10-39)24-5-3-18(14-32)13-20(24)31/h3-6,11-13,17,34H,7-10H2,1-2H3,(H,40,41)/t17-/m1/s1. The van der Waals surface area contributed by atoms with E-state index in [1.54, 1.807) is 18.2 Å². The Balaban J connectivity index is 1.46. The average Bonchev–Trinajstić information content (AvgIpc) is 2.96. The highest BCUT2D eigenvalue weighted by atomic mass is 35.5. The molecule has 1 atom stereocenters. The molecule has 2 N–H and O–H groups in total. The van der Waals surface area contributed by atoms with E-state index in [1.807, 2.05) is 41.8 Å². The Hall–Kier alpha value is -5.00. The molecule has 5 rings (SSSR count). The molecule has 1 saturated heterocycles. The van der Waals surface area contributed by atoms with Crippen molar-refractivity contribution in [3.63, 3.8) is 0 Å². The predicted molar refractivity (Wildman–Crippen MR) is 153 cm³/mol. The van der Waals surface area contributed by atoms with E-state index in [1.165, 1.54) is 12.1 Å². The summed E-state index contributed by atoms with van der Waals surface area (Å²) < 4.78 is 14.6. The average molecular weight is 571 g/mol. The van der Waals surface area contributed by atoms with Crippen LogP contribution in [-0.4, -0.2) is 52.2 Å². The van der Waals surface area contributed by atoms with Gasteiger partial charge in [0, 0.05) is 31.7 Å². The van der Waals surface area contributed by atoms with E-state index in [0.29, 0.717) is 54.4 Å². The number of carboxylic acids is 1. The number of halogens is 2. The summed E-state index contributed by atoms with van der Waals surface area (Å²) in [6.07, 6.45) is 0. The summed E-state index contributed by atoms with van der Waals surface area (Å²) in [6.45, 7) is 5.69. The maximum atomic E-state index is 14.6. The molecule has 3 heterocycles. The van der Waals surface area contributed by atoms with E-state index >= 15 is 0 Å². The monoisotopic (exact) mass is 570 g/mol. The van der Waals surface area contributed by atoms with Gasteiger partial charge >= 0.3 is 5.97 Å². The number of nitriles is 2. The number of benzene rings is 2. The van der Waals surface area contributed by atoms with Crippen LogP contribution in [0.2, 0.25) is 5.15 Å². The number of rotatable bonds is 6. The van der Waals surface area contributed by atoms with Gasteiger partial charge in [-0.15, -0.1) is 0 Å². The molecular formula is C29H24ClFN8O2. The van der Waals surface area contributed by atoms with Crippen LogP contribution in [0.25, 0.3) is 11.0 Å². The first-order valence-electron chi connectivity index (χ1n) is 12.8. The van der Waals surface area contributed by atoms with Crippen molar-refractivity contribution in [1.29, 1.82) is 10.5 Å². The number of aryl methyl sites for hydroxylation is 1. The molecule has 0 bridgehead atoms. The van der Waals surface area contributed by atoms with Gasteiger partial charge in [0.25, 0.3) is 0 Å². The molecule has 0 spiro atoms. The quantitative estimate of drug-likeness (QED) is 0.302. The van der Waals surface area contributed by atoms with Crippen LogP contribution in [0.3, 0.4) is 0 Å². The van der Waals surface area contributed by atoms with E-state index in [9.17, 15) is 19.6 Å². The predicted octanol–water partition coefficient (Wildman–Crippen LogP) is 5.07. The number of carboxylic acid groups (broad SMARTS) is 1. The van der Waals surface area contributed by atoms with Crippen LogP contribution in [-0.2, 0) is 0 Å². The zero-order valence-corrected chi connectivity index (χ0v) is 22.9.